The molecule has 3 rings (SSSR count). The molecule has 0 spiro atoms. The summed E-state index contributed by atoms with van der Waals surface area (Å²) in [6.45, 7) is 12.6. The number of esters is 1. The van der Waals surface area contributed by atoms with Crippen molar-refractivity contribution in [3.05, 3.63) is 46.7 Å². The summed E-state index contributed by atoms with van der Waals surface area (Å²) in [7, 11) is 0. The van der Waals surface area contributed by atoms with Gasteiger partial charge in [-0.25, -0.2) is 10.1 Å². The van der Waals surface area contributed by atoms with Crippen molar-refractivity contribution < 1.29 is 19.1 Å². The zero-order valence-corrected chi connectivity index (χ0v) is 20.3. The minimum absolute atomic E-state index is 0.301. The van der Waals surface area contributed by atoms with E-state index < -0.39 is 17.7 Å². The van der Waals surface area contributed by atoms with Crippen LogP contribution in [0.2, 0.25) is 0 Å². The van der Waals surface area contributed by atoms with Gasteiger partial charge in [0.2, 0.25) is 0 Å². The number of rotatable bonds is 8. The van der Waals surface area contributed by atoms with Crippen LogP contribution in [0.1, 0.15) is 80.8 Å². The molecule has 1 N–H and O–H groups in total. The Morgan fingerprint density at radius 3 is 2.67 bits per heavy atom. The molecule has 0 saturated heterocycles. The number of carbonyl (C=O) groups is 2. The fraction of sp³-hybridized carbons (Fsp3) is 0.480. The molecule has 0 saturated carbocycles. The van der Waals surface area contributed by atoms with Crippen molar-refractivity contribution in [2.24, 2.45) is 0 Å². The smallest absolute Gasteiger partial charge is 0.331 e. The number of nitrogens with one attached hydrogen (secondary N) is 1. The van der Waals surface area contributed by atoms with Crippen LogP contribution in [0.15, 0.2) is 24.3 Å². The Morgan fingerprint density at radius 1 is 1.24 bits per heavy atom. The largest absolute Gasteiger partial charge is 0.493 e. The van der Waals surface area contributed by atoms with Crippen molar-refractivity contribution in [2.75, 3.05) is 18.1 Å². The lowest BCUT2D eigenvalue weighted by Crippen LogP contribution is -2.43. The average Bonchev–Trinajstić information content (AvgIpc) is 3.14. The summed E-state index contributed by atoms with van der Waals surface area (Å²) < 4.78 is 11.4. The first-order valence-corrected chi connectivity index (χ1v) is 11.4. The number of nitrogens with zero attached hydrogens (tertiary/aromatic N) is 3. The number of benzene rings is 1. The van der Waals surface area contributed by atoms with Crippen LogP contribution in [-0.4, -0.2) is 40.8 Å². The molecule has 1 unspecified atom stereocenters. The Hall–Kier alpha value is -3.29. The number of fused-ring (bicyclic) bond motifs is 1. The van der Waals surface area contributed by atoms with Gasteiger partial charge in [-0.3, -0.25) is 9.89 Å². The molecular formula is C25H33N4O4. The van der Waals surface area contributed by atoms with Crippen molar-refractivity contribution >= 4 is 23.8 Å². The van der Waals surface area contributed by atoms with Crippen molar-refractivity contribution in [3.63, 3.8) is 0 Å². The van der Waals surface area contributed by atoms with Crippen LogP contribution >= 0.6 is 0 Å². The van der Waals surface area contributed by atoms with Gasteiger partial charge in [0.05, 0.1) is 12.3 Å². The highest BCUT2D eigenvalue weighted by Crippen LogP contribution is 2.38. The number of amides is 1. The summed E-state index contributed by atoms with van der Waals surface area (Å²) in [4.78, 5) is 27.1. The van der Waals surface area contributed by atoms with E-state index in [1.54, 1.807) is 13.0 Å². The molecule has 1 aromatic heterocycles. The van der Waals surface area contributed by atoms with Crippen molar-refractivity contribution in [2.45, 2.75) is 66.2 Å². The van der Waals surface area contributed by atoms with Crippen LogP contribution in [0.5, 0.6) is 5.75 Å². The topological polar surface area (TPSA) is 98.6 Å². The lowest BCUT2D eigenvalue weighted by atomic mass is 10.0. The number of H-pyrrole nitrogens is 1. The summed E-state index contributed by atoms with van der Waals surface area (Å²) in [6, 6.07) is 5.64. The average molecular weight is 454 g/mol. The van der Waals surface area contributed by atoms with Crippen molar-refractivity contribution in [1.82, 2.24) is 15.5 Å². The fourth-order valence-corrected chi connectivity index (χ4v) is 3.68. The van der Waals surface area contributed by atoms with E-state index in [-0.39, 0.29) is 5.91 Å². The van der Waals surface area contributed by atoms with Crippen molar-refractivity contribution in [1.29, 1.82) is 0 Å². The van der Waals surface area contributed by atoms with Crippen LogP contribution < -0.4 is 15.0 Å². The van der Waals surface area contributed by atoms with Gasteiger partial charge in [0.15, 0.2) is 6.17 Å². The minimum Gasteiger partial charge on any atom is -0.493 e. The lowest BCUT2D eigenvalue weighted by Gasteiger charge is -2.36. The van der Waals surface area contributed by atoms with Gasteiger partial charge in [-0.2, -0.15) is 5.10 Å². The van der Waals surface area contributed by atoms with E-state index in [1.807, 2.05) is 50.8 Å². The number of aryl methyl sites for hydroxylation is 1. The molecule has 1 aliphatic heterocycles. The number of anilines is 1. The van der Waals surface area contributed by atoms with Crippen LogP contribution in [-0.2, 0) is 9.53 Å². The van der Waals surface area contributed by atoms with Gasteiger partial charge in [0.25, 0.3) is 5.91 Å². The summed E-state index contributed by atoms with van der Waals surface area (Å²) in [5.74, 6) is 0.618. The molecule has 8 nitrogen and oxygen atoms in total. The van der Waals surface area contributed by atoms with Crippen LogP contribution in [0, 0.1) is 6.92 Å². The number of aromatic amines is 1. The van der Waals surface area contributed by atoms with E-state index in [1.165, 1.54) is 6.08 Å². The Morgan fingerprint density at radius 2 is 2.00 bits per heavy atom. The third-order valence-electron chi connectivity index (χ3n) is 5.02. The summed E-state index contributed by atoms with van der Waals surface area (Å²) in [5, 5.41) is 11.8. The van der Waals surface area contributed by atoms with Gasteiger partial charge in [-0.15, -0.1) is 0 Å². The second-order valence-corrected chi connectivity index (χ2v) is 9.05. The van der Waals surface area contributed by atoms with Crippen molar-refractivity contribution in [3.8, 4) is 5.75 Å². The lowest BCUT2D eigenvalue weighted by molar-refractivity contribution is -0.148. The molecule has 1 radical (unpaired) electrons. The third kappa shape index (κ3) is 5.74. The van der Waals surface area contributed by atoms with E-state index in [4.69, 9.17) is 9.47 Å². The van der Waals surface area contributed by atoms with Crippen LogP contribution in [0.3, 0.4) is 0 Å². The molecule has 1 aliphatic rings. The van der Waals surface area contributed by atoms with Crippen LogP contribution in [0.4, 0.5) is 5.82 Å². The van der Waals surface area contributed by atoms with Gasteiger partial charge in [-0.05, 0) is 64.3 Å². The Balaban J connectivity index is 2.00. The molecule has 1 amide bonds. The maximum Gasteiger partial charge on any atom is 0.331 e. The summed E-state index contributed by atoms with van der Waals surface area (Å²) in [5.41, 5.74) is 2.12. The molecular weight excluding hydrogens is 420 g/mol. The van der Waals surface area contributed by atoms with E-state index in [0.717, 1.165) is 24.0 Å². The highest BCUT2D eigenvalue weighted by molar-refractivity contribution is 6.02. The molecule has 2 aromatic rings. The number of aromatic nitrogens is 2. The second-order valence-electron chi connectivity index (χ2n) is 9.05. The van der Waals surface area contributed by atoms with Gasteiger partial charge in [0.1, 0.15) is 22.7 Å². The zero-order valence-electron chi connectivity index (χ0n) is 20.3. The van der Waals surface area contributed by atoms with Gasteiger partial charge in [0, 0.05) is 18.2 Å². The number of hydrogen-bond donors (Lipinski definition) is 1. The Labute approximate surface area is 195 Å². The first kappa shape index (κ1) is 24.4. The minimum atomic E-state index is -0.563. The number of hydrogen-bond acceptors (Lipinski definition) is 6. The maximum absolute atomic E-state index is 12.9. The second kappa shape index (κ2) is 10.1. The summed E-state index contributed by atoms with van der Waals surface area (Å²) >= 11 is 0. The molecule has 33 heavy (non-hydrogen) atoms. The first-order chi connectivity index (χ1) is 15.6. The molecule has 8 heteroatoms. The molecule has 2 heterocycles. The highest BCUT2D eigenvalue weighted by atomic mass is 16.6. The quantitative estimate of drug-likeness (QED) is 0.466. The SMILES string of the molecule is CCCOc1ccc(C=CC(=O)OC(C)(C)C)cc1C1[N]C(=O)c2c(C)n[nH]c2N1CCC. The van der Waals surface area contributed by atoms with E-state index >= 15 is 0 Å². The third-order valence-corrected chi connectivity index (χ3v) is 5.02. The predicted molar refractivity (Wildman–Crippen MR) is 127 cm³/mol. The number of ether oxygens (including phenoxy) is 2. The molecule has 0 aliphatic carbocycles. The van der Waals surface area contributed by atoms with Crippen LogP contribution in [0.25, 0.3) is 6.08 Å². The highest BCUT2D eigenvalue weighted by Gasteiger charge is 2.37. The maximum atomic E-state index is 12.9. The number of carbonyl (C=O) groups excluding carboxylic acids is 2. The monoisotopic (exact) mass is 453 g/mol. The fourth-order valence-electron chi connectivity index (χ4n) is 3.68. The molecule has 0 fully saturated rings. The standard InChI is InChI=1S/C25H33N4O4/c1-7-13-29-22(26-24(31)21-16(3)27-28-23(21)29)18-15-17(9-11-19(18)32-14-8-2)10-12-20(30)33-25(4,5)6/h9-12,15,22H,7-8,13-14H2,1-6H3,(H,27,28). The first-order valence-electron chi connectivity index (χ1n) is 11.4. The van der Waals surface area contributed by atoms with Gasteiger partial charge in [-0.1, -0.05) is 19.9 Å². The summed E-state index contributed by atoms with van der Waals surface area (Å²) in [6.07, 6.45) is 4.25. The van der Waals surface area contributed by atoms with E-state index in [2.05, 4.69) is 22.4 Å². The molecule has 1 aromatic carbocycles. The van der Waals surface area contributed by atoms with E-state index in [0.29, 0.717) is 36.0 Å². The molecule has 1 atom stereocenters. The van der Waals surface area contributed by atoms with Gasteiger partial charge >= 0.3 is 5.97 Å². The molecule has 177 valence electrons. The normalized spacial score (nSPS) is 16.0. The van der Waals surface area contributed by atoms with E-state index in [9.17, 15) is 9.59 Å². The Kier molecular flexibility index (Phi) is 7.46. The predicted octanol–water partition coefficient (Wildman–Crippen LogP) is 4.54. The zero-order chi connectivity index (χ0) is 24.2. The molecule has 0 bridgehead atoms. The Bertz CT molecular complexity index is 1040. The van der Waals surface area contributed by atoms with Gasteiger partial charge < -0.3 is 14.4 Å².